The first-order chi connectivity index (χ1) is 9.77. The minimum Gasteiger partial charge on any atom is -0.340 e. The molecule has 0 aliphatic carbocycles. The zero-order chi connectivity index (χ0) is 15.6. The Bertz CT molecular complexity index is 672. The molecule has 0 spiro atoms. The van der Waals surface area contributed by atoms with E-state index in [1.807, 2.05) is 0 Å². The molecule has 0 saturated heterocycles. The smallest absolute Gasteiger partial charge is 0.340 e. The molecule has 0 bridgehead atoms. The lowest BCUT2D eigenvalue weighted by Gasteiger charge is -2.06. The second kappa shape index (κ2) is 5.51. The van der Waals surface area contributed by atoms with Gasteiger partial charge in [0.25, 0.3) is 0 Å². The number of imidazole rings is 1. The van der Waals surface area contributed by atoms with Gasteiger partial charge in [-0.05, 0) is 12.1 Å². The van der Waals surface area contributed by atoms with Crippen LogP contribution < -0.4 is 0 Å². The molecule has 110 valence electrons. The van der Waals surface area contributed by atoms with Crippen molar-refractivity contribution in [2.75, 3.05) is 0 Å². The van der Waals surface area contributed by atoms with Gasteiger partial charge in [0, 0.05) is 18.8 Å². The van der Waals surface area contributed by atoms with Gasteiger partial charge in [-0.1, -0.05) is 12.1 Å². The van der Waals surface area contributed by atoms with Gasteiger partial charge >= 0.3 is 6.18 Å². The van der Waals surface area contributed by atoms with Crippen molar-refractivity contribution in [1.82, 2.24) is 9.55 Å². The van der Waals surface area contributed by atoms with Gasteiger partial charge in [-0.15, -0.1) is 0 Å². The summed E-state index contributed by atoms with van der Waals surface area (Å²) < 4.78 is 38.8. The zero-order valence-corrected chi connectivity index (χ0v) is 11.0. The van der Waals surface area contributed by atoms with E-state index in [0.717, 1.165) is 24.3 Å². The standard InChI is InChI=1S/C14H11F3N2O2/c1-19-7-11(18-8-19)13(21)6-12(20)9-2-4-10(5-3-9)14(15,16)17/h2-5,7-8H,6H2,1H3. The fourth-order valence-corrected chi connectivity index (χ4v) is 1.74. The molecule has 0 aliphatic rings. The average Bonchev–Trinajstić information content (AvgIpc) is 2.84. The highest BCUT2D eigenvalue weighted by molar-refractivity contribution is 6.12. The highest BCUT2D eigenvalue weighted by Crippen LogP contribution is 2.29. The molecule has 1 aromatic carbocycles. The average molecular weight is 296 g/mol. The first kappa shape index (κ1) is 15.0. The maximum atomic E-state index is 12.4. The van der Waals surface area contributed by atoms with E-state index in [9.17, 15) is 22.8 Å². The molecule has 0 saturated carbocycles. The van der Waals surface area contributed by atoms with Crippen LogP contribution in [0.1, 0.15) is 32.8 Å². The number of carbonyl (C=O) groups is 2. The fourth-order valence-electron chi connectivity index (χ4n) is 1.74. The molecule has 2 aromatic rings. The third-order valence-electron chi connectivity index (χ3n) is 2.85. The van der Waals surface area contributed by atoms with Gasteiger partial charge < -0.3 is 4.57 Å². The summed E-state index contributed by atoms with van der Waals surface area (Å²) in [5.74, 6) is -1.01. The Morgan fingerprint density at radius 1 is 1.14 bits per heavy atom. The number of hydrogen-bond donors (Lipinski definition) is 0. The number of benzene rings is 1. The number of nitrogens with zero attached hydrogens (tertiary/aromatic N) is 2. The third-order valence-corrected chi connectivity index (χ3v) is 2.85. The van der Waals surface area contributed by atoms with Crippen LogP contribution in [0, 0.1) is 0 Å². The van der Waals surface area contributed by atoms with Crippen molar-refractivity contribution in [1.29, 1.82) is 0 Å². The summed E-state index contributed by atoms with van der Waals surface area (Å²) in [5.41, 5.74) is -0.625. The first-order valence-corrected chi connectivity index (χ1v) is 5.99. The molecule has 0 N–H and O–H groups in total. The maximum Gasteiger partial charge on any atom is 0.416 e. The number of aryl methyl sites for hydroxylation is 1. The third kappa shape index (κ3) is 3.56. The van der Waals surface area contributed by atoms with Crippen LogP contribution in [0.4, 0.5) is 13.2 Å². The molecule has 0 fully saturated rings. The van der Waals surface area contributed by atoms with Crippen molar-refractivity contribution < 1.29 is 22.8 Å². The second-order valence-electron chi connectivity index (χ2n) is 4.52. The van der Waals surface area contributed by atoms with E-state index in [4.69, 9.17) is 0 Å². The van der Waals surface area contributed by atoms with E-state index in [0.29, 0.717) is 0 Å². The molecule has 0 aliphatic heterocycles. The molecule has 7 heteroatoms. The Morgan fingerprint density at radius 3 is 2.24 bits per heavy atom. The molecular formula is C14H11F3N2O2. The highest BCUT2D eigenvalue weighted by atomic mass is 19.4. The van der Waals surface area contributed by atoms with Crippen molar-refractivity contribution in [3.8, 4) is 0 Å². The summed E-state index contributed by atoms with van der Waals surface area (Å²) in [5, 5.41) is 0. The van der Waals surface area contributed by atoms with Gasteiger partial charge in [0.15, 0.2) is 11.6 Å². The van der Waals surface area contributed by atoms with Crippen LogP contribution in [0.5, 0.6) is 0 Å². The zero-order valence-electron chi connectivity index (χ0n) is 11.0. The Balaban J connectivity index is 2.08. The summed E-state index contributed by atoms with van der Waals surface area (Å²) in [7, 11) is 1.68. The largest absolute Gasteiger partial charge is 0.416 e. The second-order valence-corrected chi connectivity index (χ2v) is 4.52. The quantitative estimate of drug-likeness (QED) is 0.644. The van der Waals surface area contributed by atoms with E-state index in [-0.39, 0.29) is 11.3 Å². The van der Waals surface area contributed by atoms with Crippen molar-refractivity contribution in [3.63, 3.8) is 0 Å². The Kier molecular flexibility index (Phi) is 3.93. The molecule has 1 aromatic heterocycles. The van der Waals surface area contributed by atoms with Gasteiger partial charge in [-0.25, -0.2) is 4.98 Å². The van der Waals surface area contributed by atoms with E-state index in [2.05, 4.69) is 4.98 Å². The topological polar surface area (TPSA) is 52.0 Å². The number of hydrogen-bond acceptors (Lipinski definition) is 3. The van der Waals surface area contributed by atoms with Crippen LogP contribution in [-0.4, -0.2) is 21.1 Å². The number of aromatic nitrogens is 2. The van der Waals surface area contributed by atoms with Crippen LogP contribution in [0.15, 0.2) is 36.8 Å². The number of rotatable bonds is 4. The van der Waals surface area contributed by atoms with Crippen molar-refractivity contribution in [2.24, 2.45) is 7.05 Å². The summed E-state index contributed by atoms with van der Waals surface area (Å²) in [6.45, 7) is 0. The van der Waals surface area contributed by atoms with Gasteiger partial charge in [0.2, 0.25) is 0 Å². The molecule has 1 heterocycles. The molecule has 4 nitrogen and oxygen atoms in total. The van der Waals surface area contributed by atoms with Gasteiger partial charge in [-0.3, -0.25) is 9.59 Å². The fraction of sp³-hybridized carbons (Fsp3) is 0.214. The lowest BCUT2D eigenvalue weighted by Crippen LogP contribution is -2.10. The lowest BCUT2D eigenvalue weighted by molar-refractivity contribution is -0.137. The molecule has 2 rings (SSSR count). The normalized spacial score (nSPS) is 11.4. The van der Waals surface area contributed by atoms with E-state index >= 15 is 0 Å². The van der Waals surface area contributed by atoms with Crippen molar-refractivity contribution >= 4 is 11.6 Å². The molecule has 0 atom stereocenters. The van der Waals surface area contributed by atoms with Crippen LogP contribution in [0.3, 0.4) is 0 Å². The van der Waals surface area contributed by atoms with Crippen molar-refractivity contribution in [2.45, 2.75) is 12.6 Å². The summed E-state index contributed by atoms with van der Waals surface area (Å²) in [6.07, 6.45) is -1.98. The van der Waals surface area contributed by atoms with E-state index in [1.165, 1.54) is 12.5 Å². The van der Waals surface area contributed by atoms with Crippen molar-refractivity contribution in [3.05, 3.63) is 53.6 Å². The number of alkyl halides is 3. The van der Waals surface area contributed by atoms with Gasteiger partial charge in [0.1, 0.15) is 5.69 Å². The van der Waals surface area contributed by atoms with Crippen LogP contribution in [-0.2, 0) is 13.2 Å². The van der Waals surface area contributed by atoms with Crippen LogP contribution >= 0.6 is 0 Å². The minimum atomic E-state index is -4.45. The molecular weight excluding hydrogens is 285 g/mol. The van der Waals surface area contributed by atoms with Crippen LogP contribution in [0.2, 0.25) is 0 Å². The summed E-state index contributed by atoms with van der Waals surface area (Å²) >= 11 is 0. The number of carbonyl (C=O) groups excluding carboxylic acids is 2. The molecule has 0 unspecified atom stereocenters. The lowest BCUT2D eigenvalue weighted by atomic mass is 10.0. The molecule has 21 heavy (non-hydrogen) atoms. The van der Waals surface area contributed by atoms with E-state index in [1.54, 1.807) is 11.6 Å². The number of Topliss-reactive ketones (excluding diaryl/α,β-unsaturated/α-hetero) is 2. The highest BCUT2D eigenvalue weighted by Gasteiger charge is 2.30. The molecule has 0 amide bonds. The van der Waals surface area contributed by atoms with Crippen LogP contribution in [0.25, 0.3) is 0 Å². The van der Waals surface area contributed by atoms with E-state index < -0.39 is 29.7 Å². The molecule has 0 radical (unpaired) electrons. The Hall–Kier alpha value is -2.44. The Morgan fingerprint density at radius 2 is 1.76 bits per heavy atom. The summed E-state index contributed by atoms with van der Waals surface area (Å²) in [6, 6.07) is 3.77. The number of ketones is 2. The predicted octanol–water partition coefficient (Wildman–Crippen LogP) is 2.89. The summed E-state index contributed by atoms with van der Waals surface area (Å²) in [4.78, 5) is 27.5. The maximum absolute atomic E-state index is 12.4. The first-order valence-electron chi connectivity index (χ1n) is 5.99. The van der Waals surface area contributed by atoms with Gasteiger partial charge in [-0.2, -0.15) is 13.2 Å². The predicted molar refractivity (Wildman–Crippen MR) is 67.9 cm³/mol. The van der Waals surface area contributed by atoms with Gasteiger partial charge in [0.05, 0.1) is 18.3 Å². The Labute approximate surface area is 118 Å². The minimum absolute atomic E-state index is 0.0623. The SMILES string of the molecule is Cn1cnc(C(=O)CC(=O)c2ccc(C(F)(F)F)cc2)c1. The monoisotopic (exact) mass is 296 g/mol. The number of halogens is 3.